The van der Waals surface area contributed by atoms with Gasteiger partial charge in [-0.15, -0.1) is 0 Å². The largest absolute Gasteiger partial charge is 0.384 e. The highest BCUT2D eigenvalue weighted by atomic mass is 32.2. The van der Waals surface area contributed by atoms with Gasteiger partial charge in [-0.2, -0.15) is 0 Å². The summed E-state index contributed by atoms with van der Waals surface area (Å²) in [7, 11) is -1.53. The first-order valence-corrected chi connectivity index (χ1v) is 12.5. The molecule has 2 unspecified atom stereocenters. The van der Waals surface area contributed by atoms with E-state index in [0.717, 1.165) is 56.0 Å². The van der Waals surface area contributed by atoms with E-state index in [9.17, 15) is 13.2 Å². The van der Waals surface area contributed by atoms with Gasteiger partial charge in [0, 0.05) is 56.9 Å². The number of nitrogens with zero attached hydrogens (tertiary/aromatic N) is 2. The summed E-state index contributed by atoms with van der Waals surface area (Å²) in [5.74, 6) is 0.411. The van der Waals surface area contributed by atoms with Gasteiger partial charge in [-0.3, -0.25) is 4.79 Å². The number of hydrogen-bond donors (Lipinski definition) is 1. The highest BCUT2D eigenvalue weighted by Crippen LogP contribution is 2.42. The molecule has 7 nitrogen and oxygen atoms in total. The third-order valence-electron chi connectivity index (χ3n) is 6.44. The van der Waals surface area contributed by atoms with Crippen LogP contribution in [0.25, 0.3) is 11.3 Å². The van der Waals surface area contributed by atoms with Crippen LogP contribution >= 0.6 is 0 Å². The Hall–Kier alpha value is -2.32. The minimum Gasteiger partial charge on any atom is -0.384 e. The smallest absolute Gasteiger partial charge is 0.260 e. The minimum atomic E-state index is -3.26. The lowest BCUT2D eigenvalue weighted by molar-refractivity contribution is 0.173. The van der Waals surface area contributed by atoms with Crippen LogP contribution in [0.15, 0.2) is 40.5 Å². The van der Waals surface area contributed by atoms with Gasteiger partial charge in [-0.05, 0) is 41.7 Å². The van der Waals surface area contributed by atoms with Crippen molar-refractivity contribution in [2.45, 2.75) is 18.9 Å². The summed E-state index contributed by atoms with van der Waals surface area (Å²) in [6.07, 6.45) is 9.10. The summed E-state index contributed by atoms with van der Waals surface area (Å²) in [4.78, 5) is 15.6. The Labute approximate surface area is 176 Å². The average Bonchev–Trinajstić information content (AvgIpc) is 3.28. The molecule has 4 aliphatic rings. The van der Waals surface area contributed by atoms with E-state index in [0.29, 0.717) is 22.6 Å². The molecule has 1 N–H and O–H groups in total. The van der Waals surface area contributed by atoms with Crippen molar-refractivity contribution in [3.8, 4) is 0 Å². The summed E-state index contributed by atoms with van der Waals surface area (Å²) in [5, 5.41) is 3.48. The number of aryl methyl sites for hydroxylation is 1. The third-order valence-corrected chi connectivity index (χ3v) is 7.28. The van der Waals surface area contributed by atoms with Crippen molar-refractivity contribution >= 4 is 21.1 Å². The van der Waals surface area contributed by atoms with E-state index in [1.54, 1.807) is 17.8 Å². The van der Waals surface area contributed by atoms with Crippen molar-refractivity contribution in [3.63, 3.8) is 0 Å². The molecular weight excluding hydrogens is 402 g/mol. The van der Waals surface area contributed by atoms with Crippen LogP contribution in [-0.2, 0) is 21.6 Å². The molecule has 5 rings (SSSR count). The number of fused-ring (bicyclic) bond motifs is 2. The van der Waals surface area contributed by atoms with Crippen molar-refractivity contribution in [2.24, 2.45) is 13.0 Å². The van der Waals surface area contributed by atoms with Crippen LogP contribution in [0, 0.1) is 5.92 Å². The van der Waals surface area contributed by atoms with Gasteiger partial charge in [0.05, 0.1) is 29.7 Å². The predicted octanol–water partition coefficient (Wildman–Crippen LogP) is 1.14. The highest BCUT2D eigenvalue weighted by molar-refractivity contribution is 7.91. The molecule has 0 aromatic carbocycles. The summed E-state index contributed by atoms with van der Waals surface area (Å²) in [5.41, 5.74) is 4.86. The Balaban J connectivity index is 1.69. The quantitative estimate of drug-likeness (QED) is 0.773. The number of nitrogens with one attached hydrogen (secondary N) is 1. The average molecular weight is 430 g/mol. The van der Waals surface area contributed by atoms with E-state index in [2.05, 4.69) is 16.4 Å². The Morgan fingerprint density at radius 3 is 2.87 bits per heavy atom. The van der Waals surface area contributed by atoms with E-state index < -0.39 is 9.84 Å². The third kappa shape index (κ3) is 3.32. The molecule has 30 heavy (non-hydrogen) atoms. The maximum Gasteiger partial charge on any atom is 0.260 e. The molecule has 160 valence electrons. The molecule has 0 radical (unpaired) electrons. The molecule has 0 saturated carbocycles. The van der Waals surface area contributed by atoms with Crippen LogP contribution in [0.4, 0.5) is 0 Å². The van der Waals surface area contributed by atoms with Gasteiger partial charge in [-0.25, -0.2) is 8.42 Å². The van der Waals surface area contributed by atoms with Gasteiger partial charge in [0.25, 0.3) is 5.56 Å². The van der Waals surface area contributed by atoms with Crippen LogP contribution < -0.4 is 10.9 Å². The van der Waals surface area contributed by atoms with Crippen LogP contribution in [0.2, 0.25) is 0 Å². The fraction of sp³-hybridized carbons (Fsp3) is 0.500. The molecule has 0 bridgehead atoms. The molecule has 4 heterocycles. The SMILES string of the molecule is Cn1ccc2c(c1=O)C1=C3C(=CN(CC4CCOC4)C3CCN1)C=C2CS(C)(=O)=O. The van der Waals surface area contributed by atoms with E-state index in [1.165, 1.54) is 6.26 Å². The Morgan fingerprint density at radius 1 is 1.30 bits per heavy atom. The predicted molar refractivity (Wildman–Crippen MR) is 116 cm³/mol. The molecule has 1 aromatic rings. The Bertz CT molecular complexity index is 1150. The summed E-state index contributed by atoms with van der Waals surface area (Å²) < 4.78 is 31.5. The monoisotopic (exact) mass is 429 g/mol. The molecule has 2 atom stereocenters. The van der Waals surface area contributed by atoms with Crippen molar-refractivity contribution in [1.29, 1.82) is 0 Å². The number of hydrogen-bond acceptors (Lipinski definition) is 6. The standard InChI is InChI=1S/C22H27N3O4S/c1-24-7-4-17-16(13-30(2,27)28)9-15-11-25(10-14-5-8-29-12-14)18-3-6-23-21(19(15)18)20(17)22(24)26/h4,7,9,11,14,18,23H,3,5-6,8,10,12-13H2,1-2H3. The first-order chi connectivity index (χ1) is 14.3. The second-order valence-corrected chi connectivity index (χ2v) is 10.9. The summed E-state index contributed by atoms with van der Waals surface area (Å²) in [6, 6.07) is 2.06. The molecule has 1 fully saturated rings. The summed E-state index contributed by atoms with van der Waals surface area (Å²) in [6.45, 7) is 3.30. The van der Waals surface area contributed by atoms with Gasteiger partial charge in [0.15, 0.2) is 9.84 Å². The van der Waals surface area contributed by atoms with Gasteiger partial charge in [-0.1, -0.05) is 0 Å². The normalized spacial score (nSPS) is 25.3. The van der Waals surface area contributed by atoms with Gasteiger partial charge in [0.2, 0.25) is 0 Å². The van der Waals surface area contributed by atoms with Crippen LogP contribution in [0.5, 0.6) is 0 Å². The lowest BCUT2D eigenvalue weighted by Gasteiger charge is -2.33. The molecule has 1 aromatic heterocycles. The van der Waals surface area contributed by atoms with Crippen molar-refractivity contribution in [2.75, 3.05) is 38.3 Å². The van der Waals surface area contributed by atoms with E-state index in [4.69, 9.17) is 4.74 Å². The number of ether oxygens (including phenoxy) is 1. The zero-order chi connectivity index (χ0) is 21.0. The lowest BCUT2D eigenvalue weighted by atomic mass is 9.92. The maximum absolute atomic E-state index is 13.2. The van der Waals surface area contributed by atoms with Crippen LogP contribution in [-0.4, -0.2) is 62.2 Å². The molecule has 3 aliphatic heterocycles. The number of sulfone groups is 1. The van der Waals surface area contributed by atoms with Crippen LogP contribution in [0.3, 0.4) is 0 Å². The second kappa shape index (κ2) is 7.13. The van der Waals surface area contributed by atoms with Crippen LogP contribution in [0.1, 0.15) is 24.0 Å². The first-order valence-electron chi connectivity index (χ1n) is 10.4. The lowest BCUT2D eigenvalue weighted by Crippen LogP contribution is -2.40. The fourth-order valence-corrected chi connectivity index (χ4v) is 5.90. The highest BCUT2D eigenvalue weighted by Gasteiger charge is 2.39. The van der Waals surface area contributed by atoms with Crippen molar-refractivity contribution in [3.05, 3.63) is 57.2 Å². The number of pyridine rings is 1. The fourth-order valence-electron chi connectivity index (χ4n) is 5.10. The molecule has 0 spiro atoms. The van der Waals surface area contributed by atoms with Gasteiger partial charge in [0.1, 0.15) is 0 Å². The molecular formula is C22H27N3O4S. The molecule has 8 heteroatoms. The minimum absolute atomic E-state index is 0.0911. The number of aromatic nitrogens is 1. The second-order valence-electron chi connectivity index (χ2n) is 8.79. The van der Waals surface area contributed by atoms with E-state index in [1.807, 2.05) is 12.1 Å². The molecule has 1 aliphatic carbocycles. The first kappa shape index (κ1) is 19.6. The topological polar surface area (TPSA) is 80.6 Å². The van der Waals surface area contributed by atoms with E-state index >= 15 is 0 Å². The van der Waals surface area contributed by atoms with Gasteiger partial charge >= 0.3 is 0 Å². The summed E-state index contributed by atoms with van der Waals surface area (Å²) >= 11 is 0. The Morgan fingerprint density at radius 2 is 2.13 bits per heavy atom. The van der Waals surface area contributed by atoms with Crippen molar-refractivity contribution in [1.82, 2.24) is 14.8 Å². The van der Waals surface area contributed by atoms with Crippen molar-refractivity contribution < 1.29 is 13.2 Å². The zero-order valence-corrected chi connectivity index (χ0v) is 18.2. The molecule has 0 amide bonds. The Kier molecular flexibility index (Phi) is 4.67. The van der Waals surface area contributed by atoms with E-state index in [-0.39, 0.29) is 17.4 Å². The number of allylic oxidation sites excluding steroid dienone is 1. The van der Waals surface area contributed by atoms with Gasteiger partial charge < -0.3 is 19.5 Å². The zero-order valence-electron chi connectivity index (χ0n) is 17.3. The number of rotatable bonds is 4. The molecule has 1 saturated heterocycles. The maximum atomic E-state index is 13.2.